The van der Waals surface area contributed by atoms with Gasteiger partial charge in [-0.2, -0.15) is 0 Å². The van der Waals surface area contributed by atoms with Crippen molar-refractivity contribution in [2.45, 2.75) is 23.8 Å². The van der Waals surface area contributed by atoms with Gasteiger partial charge in [-0.25, -0.2) is 0 Å². The number of hydrogen-bond acceptors (Lipinski definition) is 5. The first-order valence-electron chi connectivity index (χ1n) is 6.28. The van der Waals surface area contributed by atoms with Crippen LogP contribution in [0.1, 0.15) is 18.3 Å². The maximum absolute atomic E-state index is 11.4. The fourth-order valence-electron chi connectivity index (χ4n) is 1.75. The monoisotopic (exact) mass is 291 g/mol. The summed E-state index contributed by atoms with van der Waals surface area (Å²) in [7, 11) is 3.29. The molecular weight excluding hydrogens is 274 g/mol. The second kappa shape index (κ2) is 6.56. The van der Waals surface area contributed by atoms with Crippen molar-refractivity contribution in [3.05, 3.63) is 41.7 Å². The van der Waals surface area contributed by atoms with E-state index in [1.54, 1.807) is 6.92 Å². The first-order chi connectivity index (χ1) is 9.61. The van der Waals surface area contributed by atoms with Crippen LogP contribution in [0.3, 0.4) is 0 Å². The van der Waals surface area contributed by atoms with Gasteiger partial charge in [0, 0.05) is 13.5 Å². The normalized spacial score (nSPS) is 12.2. The Kier molecular flexibility index (Phi) is 4.79. The van der Waals surface area contributed by atoms with Crippen LogP contribution in [0.2, 0.25) is 0 Å². The van der Waals surface area contributed by atoms with Crippen molar-refractivity contribution in [3.8, 4) is 0 Å². The fourth-order valence-corrected chi connectivity index (χ4v) is 2.61. The molecule has 5 nitrogen and oxygen atoms in total. The lowest BCUT2D eigenvalue weighted by Gasteiger charge is -2.08. The number of ether oxygens (including phenoxy) is 1. The number of carbonyl (C=O) groups is 1. The maximum Gasteiger partial charge on any atom is 0.318 e. The maximum atomic E-state index is 11.4. The van der Waals surface area contributed by atoms with Crippen LogP contribution in [0.25, 0.3) is 0 Å². The van der Waals surface area contributed by atoms with E-state index in [0.29, 0.717) is 5.16 Å². The molecule has 0 saturated carbocycles. The van der Waals surface area contributed by atoms with Gasteiger partial charge in [0.25, 0.3) is 0 Å². The van der Waals surface area contributed by atoms with E-state index in [1.165, 1.54) is 24.4 Å². The Morgan fingerprint density at radius 3 is 2.70 bits per heavy atom. The summed E-state index contributed by atoms with van der Waals surface area (Å²) in [5, 5.41) is 8.74. The third-order valence-electron chi connectivity index (χ3n) is 2.95. The van der Waals surface area contributed by atoms with Crippen LogP contribution in [-0.4, -0.2) is 33.1 Å². The van der Waals surface area contributed by atoms with Crippen LogP contribution in [0.5, 0.6) is 0 Å². The minimum atomic E-state index is -0.299. The standard InChI is InChI=1S/C14H17N3O2S/c1-10(13(18)19-3)20-14-16-15-12(17(14)2)9-11-7-5-4-6-8-11/h4-8,10H,9H2,1-3H3. The van der Waals surface area contributed by atoms with Crippen molar-refractivity contribution in [2.75, 3.05) is 7.11 Å². The Bertz CT molecular complexity index is 583. The van der Waals surface area contributed by atoms with Gasteiger partial charge in [-0.05, 0) is 12.5 Å². The highest BCUT2D eigenvalue weighted by Crippen LogP contribution is 2.22. The van der Waals surface area contributed by atoms with Crippen LogP contribution >= 0.6 is 11.8 Å². The van der Waals surface area contributed by atoms with E-state index in [0.717, 1.165) is 12.2 Å². The molecular formula is C14H17N3O2S. The van der Waals surface area contributed by atoms with E-state index in [-0.39, 0.29) is 11.2 Å². The quantitative estimate of drug-likeness (QED) is 0.623. The molecule has 0 aliphatic rings. The molecule has 0 saturated heterocycles. The van der Waals surface area contributed by atoms with Gasteiger partial charge in [-0.1, -0.05) is 42.1 Å². The summed E-state index contributed by atoms with van der Waals surface area (Å²) in [6, 6.07) is 10.1. The van der Waals surface area contributed by atoms with Gasteiger partial charge in [0.1, 0.15) is 11.1 Å². The number of hydrogen-bond donors (Lipinski definition) is 0. The van der Waals surface area contributed by atoms with Crippen LogP contribution in [0.15, 0.2) is 35.5 Å². The molecule has 0 radical (unpaired) electrons. The van der Waals surface area contributed by atoms with Crippen molar-refractivity contribution < 1.29 is 9.53 Å². The number of thioether (sulfide) groups is 1. The van der Waals surface area contributed by atoms with Gasteiger partial charge in [-0.15, -0.1) is 10.2 Å². The molecule has 0 fully saturated rings. The Balaban J connectivity index is 2.09. The second-order valence-corrected chi connectivity index (χ2v) is 5.71. The number of aromatic nitrogens is 3. The number of methoxy groups -OCH3 is 1. The predicted molar refractivity (Wildman–Crippen MR) is 77.6 cm³/mol. The van der Waals surface area contributed by atoms with E-state index >= 15 is 0 Å². The van der Waals surface area contributed by atoms with Crippen molar-refractivity contribution >= 4 is 17.7 Å². The number of nitrogens with zero attached hydrogens (tertiary/aromatic N) is 3. The SMILES string of the molecule is COC(=O)C(C)Sc1nnc(Cc2ccccc2)n1C. The molecule has 1 atom stereocenters. The van der Waals surface area contributed by atoms with Crippen molar-refractivity contribution in [2.24, 2.45) is 7.05 Å². The third-order valence-corrected chi connectivity index (χ3v) is 4.06. The molecule has 0 aliphatic heterocycles. The molecule has 0 N–H and O–H groups in total. The van der Waals surface area contributed by atoms with Crippen LogP contribution in [0, 0.1) is 0 Å². The zero-order valence-electron chi connectivity index (χ0n) is 11.7. The summed E-state index contributed by atoms with van der Waals surface area (Å²) in [5.41, 5.74) is 1.18. The average Bonchev–Trinajstić information content (AvgIpc) is 2.80. The van der Waals surface area contributed by atoms with E-state index in [4.69, 9.17) is 4.74 Å². The molecule has 2 aromatic rings. The van der Waals surface area contributed by atoms with Gasteiger partial charge in [0.15, 0.2) is 5.16 Å². The Morgan fingerprint density at radius 2 is 2.05 bits per heavy atom. The molecule has 6 heteroatoms. The largest absolute Gasteiger partial charge is 0.468 e. The van der Waals surface area contributed by atoms with Crippen LogP contribution in [-0.2, 0) is 23.0 Å². The first kappa shape index (κ1) is 14.6. The average molecular weight is 291 g/mol. The summed E-state index contributed by atoms with van der Waals surface area (Å²) in [5.74, 6) is 0.610. The van der Waals surface area contributed by atoms with E-state index < -0.39 is 0 Å². The summed E-state index contributed by atoms with van der Waals surface area (Å²) in [6.07, 6.45) is 0.720. The number of carbonyl (C=O) groups excluding carboxylic acids is 1. The third kappa shape index (κ3) is 3.39. The number of rotatable bonds is 5. The highest BCUT2D eigenvalue weighted by molar-refractivity contribution is 8.00. The van der Waals surface area contributed by atoms with E-state index in [9.17, 15) is 4.79 Å². The molecule has 2 rings (SSSR count). The molecule has 20 heavy (non-hydrogen) atoms. The number of esters is 1. The smallest absolute Gasteiger partial charge is 0.318 e. The second-order valence-electron chi connectivity index (χ2n) is 4.40. The topological polar surface area (TPSA) is 57.0 Å². The van der Waals surface area contributed by atoms with E-state index in [1.807, 2.05) is 29.8 Å². The predicted octanol–water partition coefficient (Wildman–Crippen LogP) is 2.06. The Morgan fingerprint density at radius 1 is 1.35 bits per heavy atom. The van der Waals surface area contributed by atoms with Gasteiger partial charge in [0.05, 0.1) is 7.11 Å². The zero-order chi connectivity index (χ0) is 14.5. The summed E-state index contributed by atoms with van der Waals surface area (Å²) < 4.78 is 6.62. The van der Waals surface area contributed by atoms with Crippen molar-refractivity contribution in [1.82, 2.24) is 14.8 Å². The zero-order valence-corrected chi connectivity index (χ0v) is 12.6. The fraction of sp³-hybridized carbons (Fsp3) is 0.357. The molecule has 106 valence electrons. The molecule has 0 amide bonds. The Hall–Kier alpha value is -1.82. The lowest BCUT2D eigenvalue weighted by atomic mass is 10.1. The Labute approximate surface area is 122 Å². The lowest BCUT2D eigenvalue weighted by Crippen LogP contribution is -2.15. The molecule has 1 unspecified atom stereocenters. The van der Waals surface area contributed by atoms with Gasteiger partial charge in [0.2, 0.25) is 0 Å². The number of benzene rings is 1. The minimum absolute atomic E-state index is 0.261. The minimum Gasteiger partial charge on any atom is -0.468 e. The van der Waals surface area contributed by atoms with Crippen LogP contribution < -0.4 is 0 Å². The first-order valence-corrected chi connectivity index (χ1v) is 7.16. The summed E-state index contributed by atoms with van der Waals surface area (Å²) in [4.78, 5) is 11.4. The van der Waals surface area contributed by atoms with Crippen LogP contribution in [0.4, 0.5) is 0 Å². The highest BCUT2D eigenvalue weighted by atomic mass is 32.2. The van der Waals surface area contributed by atoms with Gasteiger partial charge >= 0.3 is 5.97 Å². The molecule has 0 spiro atoms. The van der Waals surface area contributed by atoms with E-state index in [2.05, 4.69) is 22.3 Å². The lowest BCUT2D eigenvalue weighted by molar-refractivity contribution is -0.139. The van der Waals surface area contributed by atoms with Gasteiger partial charge < -0.3 is 9.30 Å². The van der Waals surface area contributed by atoms with Crippen molar-refractivity contribution in [3.63, 3.8) is 0 Å². The van der Waals surface area contributed by atoms with Crippen molar-refractivity contribution in [1.29, 1.82) is 0 Å². The summed E-state index contributed by atoms with van der Waals surface area (Å²) >= 11 is 1.35. The molecule has 0 bridgehead atoms. The molecule has 1 aromatic heterocycles. The highest BCUT2D eigenvalue weighted by Gasteiger charge is 2.19. The molecule has 0 aliphatic carbocycles. The molecule has 1 heterocycles. The molecule has 1 aromatic carbocycles. The summed E-state index contributed by atoms with van der Waals surface area (Å²) in [6.45, 7) is 1.79. The van der Waals surface area contributed by atoms with Gasteiger partial charge in [-0.3, -0.25) is 4.79 Å².